The number of rotatable bonds is 6. The summed E-state index contributed by atoms with van der Waals surface area (Å²) in [5.41, 5.74) is 1.13. The van der Waals surface area contributed by atoms with Crippen molar-refractivity contribution in [3.63, 3.8) is 0 Å². The molecule has 1 aromatic heterocycles. The highest BCUT2D eigenvalue weighted by molar-refractivity contribution is 7.91. The molecule has 1 N–H and O–H groups in total. The summed E-state index contributed by atoms with van der Waals surface area (Å²) in [7, 11) is -1.24. The first-order valence-electron chi connectivity index (χ1n) is 8.62. The van der Waals surface area contributed by atoms with Crippen LogP contribution in [0.15, 0.2) is 36.7 Å². The number of nitrogens with zero attached hydrogens (tertiary/aromatic N) is 3. The molecule has 1 aliphatic heterocycles. The number of hydrogen-bond donors (Lipinski definition) is 1. The van der Waals surface area contributed by atoms with E-state index in [2.05, 4.69) is 15.3 Å². The molecule has 1 saturated heterocycles. The zero-order chi connectivity index (χ0) is 19.4. The van der Waals surface area contributed by atoms with Crippen LogP contribution in [0.1, 0.15) is 22.5 Å². The second-order valence-corrected chi connectivity index (χ2v) is 8.79. The lowest BCUT2D eigenvalue weighted by Gasteiger charge is -2.24. The molecule has 2 heterocycles. The number of halogens is 1. The molecule has 0 spiro atoms. The summed E-state index contributed by atoms with van der Waals surface area (Å²) in [6, 6.07) is 7.51. The van der Waals surface area contributed by atoms with Gasteiger partial charge in [-0.15, -0.1) is 0 Å². The molecule has 1 atom stereocenters. The standard InChI is InChI=1S/C18H21FN4O3S/c1-23(15-7-9-27(25,26)11-15)17-10-16(21-12-22-17)18(24)20-8-6-13-2-4-14(19)5-3-13/h2-5,10,12,15H,6-9,11H2,1H3,(H,20,24). The molecule has 9 heteroatoms. The molecule has 0 bridgehead atoms. The van der Waals surface area contributed by atoms with E-state index in [9.17, 15) is 17.6 Å². The van der Waals surface area contributed by atoms with Gasteiger partial charge in [-0.1, -0.05) is 12.1 Å². The Balaban J connectivity index is 1.59. The third kappa shape index (κ3) is 5.00. The zero-order valence-corrected chi connectivity index (χ0v) is 15.7. The van der Waals surface area contributed by atoms with Gasteiger partial charge in [-0.05, 0) is 30.5 Å². The summed E-state index contributed by atoms with van der Waals surface area (Å²) in [6.45, 7) is 0.389. The molecule has 1 aliphatic rings. The molecule has 27 heavy (non-hydrogen) atoms. The molecule has 1 amide bonds. The first kappa shape index (κ1) is 19.2. The number of nitrogens with one attached hydrogen (secondary N) is 1. The molecule has 0 radical (unpaired) electrons. The Labute approximate surface area is 157 Å². The van der Waals surface area contributed by atoms with Crippen molar-refractivity contribution in [3.8, 4) is 0 Å². The minimum absolute atomic E-state index is 0.0900. The molecular weight excluding hydrogens is 371 g/mol. The van der Waals surface area contributed by atoms with E-state index in [4.69, 9.17) is 0 Å². The third-order valence-corrected chi connectivity index (χ3v) is 6.37. The monoisotopic (exact) mass is 392 g/mol. The van der Waals surface area contributed by atoms with E-state index in [1.54, 1.807) is 30.1 Å². The number of carbonyl (C=O) groups excluding carboxylic acids is 1. The van der Waals surface area contributed by atoms with Crippen molar-refractivity contribution < 1.29 is 17.6 Å². The number of benzene rings is 1. The van der Waals surface area contributed by atoms with Gasteiger partial charge in [0.15, 0.2) is 9.84 Å². The molecule has 2 aromatic rings. The van der Waals surface area contributed by atoms with Gasteiger partial charge in [-0.25, -0.2) is 22.8 Å². The highest BCUT2D eigenvalue weighted by Crippen LogP contribution is 2.21. The smallest absolute Gasteiger partial charge is 0.270 e. The Kier molecular flexibility index (Phi) is 5.69. The number of anilines is 1. The average Bonchev–Trinajstić information content (AvgIpc) is 3.02. The van der Waals surface area contributed by atoms with E-state index < -0.39 is 9.84 Å². The molecule has 1 aromatic carbocycles. The van der Waals surface area contributed by atoms with Crippen LogP contribution >= 0.6 is 0 Å². The Morgan fingerprint density at radius 3 is 2.70 bits per heavy atom. The van der Waals surface area contributed by atoms with Gasteiger partial charge in [0.25, 0.3) is 5.91 Å². The van der Waals surface area contributed by atoms with E-state index in [0.717, 1.165) is 5.56 Å². The average molecular weight is 392 g/mol. The summed E-state index contributed by atoms with van der Waals surface area (Å²) in [5, 5.41) is 2.77. The van der Waals surface area contributed by atoms with Crippen LogP contribution in [0.2, 0.25) is 0 Å². The normalized spacial score (nSPS) is 18.2. The van der Waals surface area contributed by atoms with Crippen LogP contribution in [0.4, 0.5) is 10.2 Å². The summed E-state index contributed by atoms with van der Waals surface area (Å²) in [5.74, 6) is 0.135. The lowest BCUT2D eigenvalue weighted by Crippen LogP contribution is -2.34. The van der Waals surface area contributed by atoms with Crippen LogP contribution in [0.3, 0.4) is 0 Å². The van der Waals surface area contributed by atoms with Crippen LogP contribution in [-0.4, -0.2) is 55.4 Å². The molecular formula is C18H21FN4O3S. The number of amides is 1. The van der Waals surface area contributed by atoms with Gasteiger partial charge in [-0.3, -0.25) is 4.79 Å². The van der Waals surface area contributed by atoms with E-state index in [1.165, 1.54) is 18.5 Å². The fourth-order valence-electron chi connectivity index (χ4n) is 2.99. The first-order chi connectivity index (χ1) is 12.8. The fourth-order valence-corrected chi connectivity index (χ4v) is 4.77. The van der Waals surface area contributed by atoms with Gasteiger partial charge in [0.2, 0.25) is 0 Å². The first-order valence-corrected chi connectivity index (χ1v) is 10.4. The van der Waals surface area contributed by atoms with Crippen molar-refractivity contribution >= 4 is 21.6 Å². The summed E-state index contributed by atoms with van der Waals surface area (Å²) < 4.78 is 36.2. The quantitative estimate of drug-likeness (QED) is 0.795. The summed E-state index contributed by atoms with van der Waals surface area (Å²) in [4.78, 5) is 22.2. The molecule has 1 fully saturated rings. The maximum absolute atomic E-state index is 12.9. The zero-order valence-electron chi connectivity index (χ0n) is 14.9. The molecule has 0 aliphatic carbocycles. The van der Waals surface area contributed by atoms with E-state index in [0.29, 0.717) is 25.2 Å². The van der Waals surface area contributed by atoms with Gasteiger partial charge < -0.3 is 10.2 Å². The maximum Gasteiger partial charge on any atom is 0.270 e. The predicted molar refractivity (Wildman–Crippen MR) is 99.9 cm³/mol. The van der Waals surface area contributed by atoms with Crippen LogP contribution in [0.25, 0.3) is 0 Å². The number of sulfone groups is 1. The molecule has 144 valence electrons. The minimum atomic E-state index is -3.00. The summed E-state index contributed by atoms with van der Waals surface area (Å²) in [6.07, 6.45) is 2.41. The van der Waals surface area contributed by atoms with Crippen molar-refractivity contribution in [1.82, 2.24) is 15.3 Å². The van der Waals surface area contributed by atoms with Gasteiger partial charge in [0.1, 0.15) is 23.7 Å². The molecule has 3 rings (SSSR count). The molecule has 7 nitrogen and oxygen atoms in total. The Bertz CT molecular complexity index is 918. The minimum Gasteiger partial charge on any atom is -0.356 e. The predicted octanol–water partition coefficient (Wildman–Crippen LogP) is 1.21. The van der Waals surface area contributed by atoms with E-state index >= 15 is 0 Å². The molecule has 1 unspecified atom stereocenters. The number of aromatic nitrogens is 2. The lowest BCUT2D eigenvalue weighted by atomic mass is 10.1. The summed E-state index contributed by atoms with van der Waals surface area (Å²) >= 11 is 0. The van der Waals surface area contributed by atoms with E-state index in [1.807, 2.05) is 0 Å². The third-order valence-electron chi connectivity index (χ3n) is 4.62. The van der Waals surface area contributed by atoms with Gasteiger partial charge in [0, 0.05) is 25.7 Å². The topological polar surface area (TPSA) is 92.3 Å². The van der Waals surface area contributed by atoms with Crippen molar-refractivity contribution in [2.24, 2.45) is 0 Å². The van der Waals surface area contributed by atoms with Crippen molar-refractivity contribution in [1.29, 1.82) is 0 Å². The van der Waals surface area contributed by atoms with Crippen molar-refractivity contribution in [2.75, 3.05) is 30.0 Å². The van der Waals surface area contributed by atoms with Gasteiger partial charge in [-0.2, -0.15) is 0 Å². The molecule has 0 saturated carbocycles. The van der Waals surface area contributed by atoms with Gasteiger partial charge >= 0.3 is 0 Å². The van der Waals surface area contributed by atoms with Crippen LogP contribution in [-0.2, 0) is 16.3 Å². The second kappa shape index (κ2) is 7.99. The van der Waals surface area contributed by atoms with Crippen LogP contribution < -0.4 is 10.2 Å². The number of carbonyl (C=O) groups is 1. The maximum atomic E-state index is 12.9. The highest BCUT2D eigenvalue weighted by atomic mass is 32.2. The SMILES string of the molecule is CN(c1cc(C(=O)NCCc2ccc(F)cc2)ncn1)C1CCS(=O)(=O)C1. The second-order valence-electron chi connectivity index (χ2n) is 6.56. The van der Waals surface area contributed by atoms with Crippen molar-refractivity contribution in [3.05, 3.63) is 53.7 Å². The lowest BCUT2D eigenvalue weighted by molar-refractivity contribution is 0.0949. The highest BCUT2D eigenvalue weighted by Gasteiger charge is 2.31. The van der Waals surface area contributed by atoms with Crippen LogP contribution in [0, 0.1) is 5.82 Å². The van der Waals surface area contributed by atoms with E-state index in [-0.39, 0.29) is 35.0 Å². The fraction of sp³-hybridized carbons (Fsp3) is 0.389. The Morgan fingerprint density at radius 2 is 2.04 bits per heavy atom. The Hall–Kier alpha value is -2.55. The van der Waals surface area contributed by atoms with Crippen molar-refractivity contribution in [2.45, 2.75) is 18.9 Å². The van der Waals surface area contributed by atoms with Crippen LogP contribution in [0.5, 0.6) is 0 Å². The largest absolute Gasteiger partial charge is 0.356 e. The van der Waals surface area contributed by atoms with Gasteiger partial charge in [0.05, 0.1) is 11.5 Å². The number of hydrogen-bond acceptors (Lipinski definition) is 6. The Morgan fingerprint density at radius 1 is 1.30 bits per heavy atom.